The largest absolute Gasteiger partial charge is 0.394 e. The minimum Gasteiger partial charge on any atom is -0.394 e. The van der Waals surface area contributed by atoms with Crippen molar-refractivity contribution < 1.29 is 69.3 Å². The van der Waals surface area contributed by atoms with E-state index < -0.39 is 129 Å². The van der Waals surface area contributed by atoms with Gasteiger partial charge in [0.15, 0.2) is 18.9 Å². The molecule has 0 radical (unpaired) electrons. The van der Waals surface area contributed by atoms with Crippen molar-refractivity contribution in [3.8, 4) is 0 Å². The van der Waals surface area contributed by atoms with E-state index in [2.05, 4.69) is 0 Å². The highest BCUT2D eigenvalue weighted by Gasteiger charge is 2.54. The summed E-state index contributed by atoms with van der Waals surface area (Å²) in [5, 5.41) is 82.3. The molecule has 3 heterocycles. The molecule has 4 fully saturated rings. The zero-order chi connectivity index (χ0) is 31.0. The topological polar surface area (TPSA) is 347 Å². The first kappa shape index (κ1) is 34.1. The highest BCUT2D eigenvalue weighted by Crippen LogP contribution is 2.34. The fourth-order valence-corrected chi connectivity index (χ4v) is 5.70. The lowest BCUT2D eigenvalue weighted by molar-refractivity contribution is -0.310. The molecule has 19 atom stereocenters. The SMILES string of the molecule is NCC1OC(O[C@H]2C(CO)O[C@H](OC3C(O)C(N)CC(N)C3OC3OC(CO)C(O)C(O)C3N)C2O)C(N)C(O)C1O. The molecular formula is C23H45N5O14. The molecule has 0 aromatic heterocycles. The summed E-state index contributed by atoms with van der Waals surface area (Å²) in [6.07, 6.45) is -20.5. The molecule has 4 aliphatic rings. The molecule has 4 rings (SSSR count). The van der Waals surface area contributed by atoms with E-state index in [1.807, 2.05) is 0 Å². The molecule has 0 aromatic rings. The molecule has 0 spiro atoms. The van der Waals surface area contributed by atoms with Crippen LogP contribution in [0.15, 0.2) is 0 Å². The molecule has 246 valence electrons. The monoisotopic (exact) mass is 615 g/mol. The quantitative estimate of drug-likeness (QED) is 0.114. The minimum atomic E-state index is -1.62. The van der Waals surface area contributed by atoms with E-state index in [0.717, 1.165) is 0 Å². The van der Waals surface area contributed by atoms with Crippen LogP contribution in [0.2, 0.25) is 0 Å². The number of hydrogen-bond acceptors (Lipinski definition) is 19. The van der Waals surface area contributed by atoms with Crippen molar-refractivity contribution in [2.75, 3.05) is 19.8 Å². The first-order valence-electron chi connectivity index (χ1n) is 13.8. The van der Waals surface area contributed by atoms with Crippen molar-refractivity contribution in [1.29, 1.82) is 0 Å². The maximum absolute atomic E-state index is 11.1. The summed E-state index contributed by atoms with van der Waals surface area (Å²) in [5.41, 5.74) is 29.9. The summed E-state index contributed by atoms with van der Waals surface area (Å²) in [7, 11) is 0. The summed E-state index contributed by atoms with van der Waals surface area (Å²) >= 11 is 0. The molecule has 19 nitrogen and oxygen atoms in total. The lowest BCUT2D eigenvalue weighted by atomic mass is 9.84. The van der Waals surface area contributed by atoms with Crippen LogP contribution in [0.25, 0.3) is 0 Å². The van der Waals surface area contributed by atoms with Gasteiger partial charge in [0.2, 0.25) is 0 Å². The van der Waals surface area contributed by atoms with Crippen LogP contribution in [0.5, 0.6) is 0 Å². The number of nitrogens with two attached hydrogens (primary N) is 5. The maximum Gasteiger partial charge on any atom is 0.187 e. The van der Waals surface area contributed by atoms with Crippen molar-refractivity contribution in [3.63, 3.8) is 0 Å². The van der Waals surface area contributed by atoms with Crippen LogP contribution in [0, 0.1) is 0 Å². The van der Waals surface area contributed by atoms with Gasteiger partial charge in [-0.2, -0.15) is 0 Å². The second-order valence-electron chi connectivity index (χ2n) is 11.2. The fourth-order valence-electron chi connectivity index (χ4n) is 5.70. The second-order valence-corrected chi connectivity index (χ2v) is 11.2. The van der Waals surface area contributed by atoms with Crippen LogP contribution < -0.4 is 28.7 Å². The summed E-state index contributed by atoms with van der Waals surface area (Å²) < 4.78 is 34.4. The predicted molar refractivity (Wildman–Crippen MR) is 136 cm³/mol. The number of aliphatic hydroxyl groups excluding tert-OH is 8. The Balaban J connectivity index is 1.50. The first-order valence-corrected chi connectivity index (χ1v) is 13.8. The van der Waals surface area contributed by atoms with Gasteiger partial charge in [-0.05, 0) is 6.42 Å². The van der Waals surface area contributed by atoms with Crippen LogP contribution in [-0.2, 0) is 28.4 Å². The fraction of sp³-hybridized carbons (Fsp3) is 1.00. The van der Waals surface area contributed by atoms with Crippen LogP contribution in [-0.4, -0.2) is 177 Å². The summed E-state index contributed by atoms with van der Waals surface area (Å²) in [5.74, 6) is 0. The van der Waals surface area contributed by atoms with E-state index in [1.54, 1.807) is 0 Å². The van der Waals surface area contributed by atoms with E-state index >= 15 is 0 Å². The Morgan fingerprint density at radius 1 is 0.524 bits per heavy atom. The average molecular weight is 616 g/mol. The summed E-state index contributed by atoms with van der Waals surface area (Å²) in [4.78, 5) is 0. The van der Waals surface area contributed by atoms with Gasteiger partial charge in [0, 0.05) is 18.6 Å². The van der Waals surface area contributed by atoms with Gasteiger partial charge in [-0.25, -0.2) is 0 Å². The molecule has 1 saturated carbocycles. The van der Waals surface area contributed by atoms with Gasteiger partial charge in [-0.3, -0.25) is 0 Å². The Bertz CT molecular complexity index is 866. The van der Waals surface area contributed by atoms with E-state index in [4.69, 9.17) is 57.1 Å². The van der Waals surface area contributed by atoms with Crippen LogP contribution in [0.3, 0.4) is 0 Å². The lowest BCUT2D eigenvalue weighted by Crippen LogP contribution is -2.68. The van der Waals surface area contributed by atoms with Crippen molar-refractivity contribution in [2.24, 2.45) is 28.7 Å². The molecule has 18 N–H and O–H groups in total. The van der Waals surface area contributed by atoms with Gasteiger partial charge in [-0.15, -0.1) is 0 Å². The predicted octanol–water partition coefficient (Wildman–Crippen LogP) is -8.86. The van der Waals surface area contributed by atoms with Crippen LogP contribution >= 0.6 is 0 Å². The average Bonchev–Trinajstić information content (AvgIpc) is 3.27. The smallest absolute Gasteiger partial charge is 0.187 e. The molecule has 3 aliphatic heterocycles. The number of ether oxygens (including phenoxy) is 6. The number of hydrogen-bond donors (Lipinski definition) is 13. The zero-order valence-corrected chi connectivity index (χ0v) is 22.7. The maximum atomic E-state index is 11.1. The third-order valence-corrected chi connectivity index (χ3v) is 8.32. The van der Waals surface area contributed by atoms with Crippen molar-refractivity contribution >= 4 is 0 Å². The molecule has 1 aliphatic carbocycles. The Hall–Kier alpha value is -0.760. The van der Waals surface area contributed by atoms with Gasteiger partial charge < -0.3 is 97.9 Å². The van der Waals surface area contributed by atoms with Crippen molar-refractivity contribution in [3.05, 3.63) is 0 Å². The van der Waals surface area contributed by atoms with Gasteiger partial charge in [0.05, 0.1) is 31.4 Å². The van der Waals surface area contributed by atoms with Crippen molar-refractivity contribution in [2.45, 2.75) is 123 Å². The van der Waals surface area contributed by atoms with Crippen LogP contribution in [0.4, 0.5) is 0 Å². The Morgan fingerprint density at radius 2 is 1.00 bits per heavy atom. The highest BCUT2D eigenvalue weighted by atomic mass is 16.8. The molecule has 19 heteroatoms. The second kappa shape index (κ2) is 14.1. The normalized spacial score (nSPS) is 53.8. The highest BCUT2D eigenvalue weighted by molar-refractivity contribution is 5.02. The van der Waals surface area contributed by atoms with E-state index in [1.165, 1.54) is 0 Å². The molecule has 42 heavy (non-hydrogen) atoms. The molecule has 3 saturated heterocycles. The molecule has 17 unspecified atom stereocenters. The van der Waals surface area contributed by atoms with Crippen molar-refractivity contribution in [1.82, 2.24) is 0 Å². The Morgan fingerprint density at radius 3 is 1.55 bits per heavy atom. The van der Waals surface area contributed by atoms with E-state index in [0.29, 0.717) is 0 Å². The Kier molecular flexibility index (Phi) is 11.5. The van der Waals surface area contributed by atoms with Crippen LogP contribution in [0.1, 0.15) is 6.42 Å². The van der Waals surface area contributed by atoms with Gasteiger partial charge in [0.25, 0.3) is 0 Å². The minimum absolute atomic E-state index is 0.0642. The van der Waals surface area contributed by atoms with Gasteiger partial charge in [-0.1, -0.05) is 0 Å². The third kappa shape index (κ3) is 6.60. The third-order valence-electron chi connectivity index (χ3n) is 8.32. The molecule has 0 bridgehead atoms. The van der Waals surface area contributed by atoms with Gasteiger partial charge >= 0.3 is 0 Å². The lowest BCUT2D eigenvalue weighted by Gasteiger charge is -2.47. The zero-order valence-electron chi connectivity index (χ0n) is 22.7. The Labute approximate surface area is 240 Å². The first-order chi connectivity index (χ1) is 19.8. The molecular weight excluding hydrogens is 570 g/mol. The number of rotatable bonds is 9. The number of aliphatic hydroxyl groups is 8. The van der Waals surface area contributed by atoms with Gasteiger partial charge in [0.1, 0.15) is 67.1 Å². The van der Waals surface area contributed by atoms with E-state index in [-0.39, 0.29) is 13.0 Å². The molecule has 0 aromatic carbocycles. The summed E-state index contributed by atoms with van der Waals surface area (Å²) in [6, 6.07) is -4.30. The standard InChI is InChI=1S/C23H45N5O14/c24-2-7-13(32)15(34)10(27)21(37-7)41-19-9(4-30)39-23(17(19)36)42-20-12(31)5(25)1-6(26)18(20)40-22-11(28)16(35)14(33)8(3-29)38-22/h5-23,29-36H,1-4,24-28H2/t5?,6?,7?,8?,9?,10?,11?,12?,13?,14?,15?,16?,17?,18?,19-,20?,21?,22?,23+/m0/s1. The molecule has 0 amide bonds. The van der Waals surface area contributed by atoms with E-state index in [9.17, 15) is 40.9 Å². The summed E-state index contributed by atoms with van der Waals surface area (Å²) in [6.45, 7) is -1.49.